The number of carbonyl (C=O) groups is 2. The third-order valence-corrected chi connectivity index (χ3v) is 15.9. The maximum Gasteiger partial charge on any atom is 0.472 e. The Hall–Kier alpha value is -3.33. The van der Waals surface area contributed by atoms with Crippen LogP contribution in [-0.2, 0) is 27.9 Å². The highest BCUT2D eigenvalue weighted by atomic mass is 31.2. The first-order chi connectivity index (χ1) is 40.9. The lowest BCUT2D eigenvalue weighted by Gasteiger charge is -2.27. The molecule has 3 atom stereocenters. The van der Waals surface area contributed by atoms with Gasteiger partial charge in [-0.2, -0.15) is 0 Å². The van der Waals surface area contributed by atoms with E-state index in [2.05, 4.69) is 123 Å². The first-order valence-electron chi connectivity index (χ1n) is 34.7. The molecule has 84 heavy (non-hydrogen) atoms. The summed E-state index contributed by atoms with van der Waals surface area (Å²) in [4.78, 5) is 37.9. The van der Waals surface area contributed by atoms with Gasteiger partial charge in [0.1, 0.15) is 19.3 Å². The molecule has 10 heteroatoms. The zero-order valence-electron chi connectivity index (χ0n) is 55.4. The van der Waals surface area contributed by atoms with Crippen LogP contribution < -0.4 is 5.32 Å². The number of nitrogens with one attached hydrogen (secondary N) is 1. The summed E-state index contributed by atoms with van der Waals surface area (Å²) in [6, 6.07) is -0.862. The summed E-state index contributed by atoms with van der Waals surface area (Å²) < 4.78 is 30.8. The number of quaternary nitrogens is 1. The van der Waals surface area contributed by atoms with Crippen molar-refractivity contribution in [1.29, 1.82) is 0 Å². The Bertz CT molecular complexity index is 1810. The standard InChI is InChI=1S/C74H131N2O7P/c1-7-10-13-16-19-22-25-28-30-32-34-36-37-38-39-41-43-45-47-49-52-55-58-61-64-67-74(78)83-72(65-62-59-56-53-50-27-24-21-18-15-12-9-3)71(70-82-84(79,80)81-69-68-76(4,5)6)75-73(77)66-63-60-57-54-51-48-46-44-42-40-35-33-31-29-26-23-20-17-14-11-8-2/h10,13,19-20,22-23,28-31,34-36,38-40,62,65,71-72H,7-9,11-12,14-18,21,24-27,32-33,37,41-61,63-64,66-70H2,1-6H3,(H-,75,77,79,80)/p+1/b13-10-,22-19-,23-20-,30-28-,31-29-,36-34-,39-38-,40-35-,65-62+. The van der Waals surface area contributed by atoms with Crippen molar-refractivity contribution in [2.45, 2.75) is 309 Å². The molecule has 0 saturated carbocycles. The van der Waals surface area contributed by atoms with Gasteiger partial charge in [0.15, 0.2) is 0 Å². The van der Waals surface area contributed by atoms with Crippen LogP contribution in [0.1, 0.15) is 297 Å². The molecule has 0 aromatic carbocycles. The van der Waals surface area contributed by atoms with Crippen LogP contribution in [0.3, 0.4) is 0 Å². The Labute approximate surface area is 519 Å². The topological polar surface area (TPSA) is 111 Å². The van der Waals surface area contributed by atoms with Gasteiger partial charge in [-0.3, -0.25) is 18.6 Å². The summed E-state index contributed by atoms with van der Waals surface area (Å²) >= 11 is 0. The smallest absolute Gasteiger partial charge is 0.456 e. The molecule has 0 aromatic heterocycles. The number of ether oxygens (including phenoxy) is 1. The highest BCUT2D eigenvalue weighted by molar-refractivity contribution is 7.47. The molecule has 0 spiro atoms. The van der Waals surface area contributed by atoms with Crippen molar-refractivity contribution in [3.8, 4) is 0 Å². The minimum Gasteiger partial charge on any atom is -0.456 e. The summed E-state index contributed by atoms with van der Waals surface area (Å²) in [6.07, 6.45) is 86.6. The zero-order chi connectivity index (χ0) is 61.4. The molecule has 0 rings (SSSR count). The molecular formula is C74H132N2O7P+. The second-order valence-corrected chi connectivity index (χ2v) is 25.8. The molecule has 1 amide bonds. The number of esters is 1. The average Bonchev–Trinajstić information content (AvgIpc) is 3.64. The Kier molecular flexibility index (Phi) is 60.2. The van der Waals surface area contributed by atoms with E-state index in [9.17, 15) is 19.0 Å². The van der Waals surface area contributed by atoms with Gasteiger partial charge < -0.3 is 19.4 Å². The molecule has 0 aliphatic heterocycles. The lowest BCUT2D eigenvalue weighted by molar-refractivity contribution is -0.870. The van der Waals surface area contributed by atoms with Crippen LogP contribution in [0.5, 0.6) is 0 Å². The fraction of sp³-hybridized carbons (Fsp3) is 0.730. The lowest BCUT2D eigenvalue weighted by Crippen LogP contribution is -2.47. The van der Waals surface area contributed by atoms with Crippen molar-refractivity contribution in [1.82, 2.24) is 5.32 Å². The van der Waals surface area contributed by atoms with Gasteiger partial charge in [-0.15, -0.1) is 0 Å². The number of hydrogen-bond acceptors (Lipinski definition) is 6. The van der Waals surface area contributed by atoms with Crippen molar-refractivity contribution in [3.05, 3.63) is 109 Å². The number of phosphoric ester groups is 1. The van der Waals surface area contributed by atoms with E-state index < -0.39 is 20.0 Å². The highest BCUT2D eigenvalue weighted by Gasteiger charge is 2.30. The molecule has 0 aromatic rings. The highest BCUT2D eigenvalue weighted by Crippen LogP contribution is 2.43. The number of allylic oxidation sites excluding steroid dienone is 17. The number of rotatable bonds is 62. The summed E-state index contributed by atoms with van der Waals surface area (Å²) in [5, 5.41) is 3.06. The van der Waals surface area contributed by atoms with E-state index in [1.807, 2.05) is 33.3 Å². The van der Waals surface area contributed by atoms with Crippen LogP contribution in [0.4, 0.5) is 0 Å². The molecule has 0 aliphatic carbocycles. The fourth-order valence-electron chi connectivity index (χ4n) is 9.62. The summed E-state index contributed by atoms with van der Waals surface area (Å²) in [7, 11) is 1.48. The molecule has 0 fully saturated rings. The van der Waals surface area contributed by atoms with Crippen LogP contribution in [0.2, 0.25) is 0 Å². The summed E-state index contributed by atoms with van der Waals surface area (Å²) in [6.45, 7) is 6.87. The average molecular weight is 1190 g/mol. The van der Waals surface area contributed by atoms with Crippen molar-refractivity contribution in [3.63, 3.8) is 0 Å². The molecule has 0 bridgehead atoms. The van der Waals surface area contributed by atoms with Gasteiger partial charge in [0.25, 0.3) is 0 Å². The number of likely N-dealkylation sites (N-methyl/N-ethyl adjacent to an activating group) is 1. The van der Waals surface area contributed by atoms with E-state index in [1.54, 1.807) is 0 Å². The Balaban J connectivity index is 5.14. The Morgan fingerprint density at radius 3 is 1.17 bits per heavy atom. The molecule has 3 unspecified atom stereocenters. The first kappa shape index (κ1) is 80.7. The number of nitrogens with zero attached hydrogens (tertiary/aromatic N) is 1. The van der Waals surface area contributed by atoms with Crippen molar-refractivity contribution < 1.29 is 37.3 Å². The number of amides is 1. The maximum absolute atomic E-state index is 13.6. The van der Waals surface area contributed by atoms with Gasteiger partial charge >= 0.3 is 13.8 Å². The molecule has 2 N–H and O–H groups in total. The number of unbranched alkanes of at least 4 members (excludes halogenated alkanes) is 30. The predicted octanol–water partition coefficient (Wildman–Crippen LogP) is 22.1. The van der Waals surface area contributed by atoms with E-state index in [4.69, 9.17) is 13.8 Å². The van der Waals surface area contributed by atoms with E-state index in [0.717, 1.165) is 128 Å². The summed E-state index contributed by atoms with van der Waals surface area (Å²) in [5.41, 5.74) is 0. The van der Waals surface area contributed by atoms with Crippen LogP contribution in [0.25, 0.3) is 0 Å². The molecule has 0 heterocycles. The van der Waals surface area contributed by atoms with E-state index >= 15 is 0 Å². The number of phosphoric acid groups is 1. The van der Waals surface area contributed by atoms with Gasteiger partial charge in [0.05, 0.1) is 33.8 Å². The summed E-state index contributed by atoms with van der Waals surface area (Å²) in [5.74, 6) is -0.520. The van der Waals surface area contributed by atoms with Crippen molar-refractivity contribution >= 4 is 19.7 Å². The quantitative estimate of drug-likeness (QED) is 0.0205. The largest absolute Gasteiger partial charge is 0.472 e. The first-order valence-corrected chi connectivity index (χ1v) is 36.2. The van der Waals surface area contributed by atoms with Gasteiger partial charge in [-0.25, -0.2) is 4.57 Å². The monoisotopic (exact) mass is 1190 g/mol. The third-order valence-electron chi connectivity index (χ3n) is 14.9. The lowest BCUT2D eigenvalue weighted by atomic mass is 10.0. The molecule has 0 radical (unpaired) electrons. The van der Waals surface area contributed by atoms with E-state index in [0.29, 0.717) is 17.4 Å². The zero-order valence-corrected chi connectivity index (χ0v) is 56.3. The number of hydrogen-bond donors (Lipinski definition) is 2. The van der Waals surface area contributed by atoms with Gasteiger partial charge in [-0.05, 0) is 115 Å². The third kappa shape index (κ3) is 63.2. The normalized spacial score (nSPS) is 14.2. The fourth-order valence-corrected chi connectivity index (χ4v) is 10.4. The van der Waals surface area contributed by atoms with Crippen molar-refractivity contribution in [2.24, 2.45) is 0 Å². The Morgan fingerprint density at radius 2 is 0.762 bits per heavy atom. The second-order valence-electron chi connectivity index (χ2n) is 24.3. The minimum atomic E-state index is -4.46. The van der Waals surface area contributed by atoms with E-state index in [-0.39, 0.29) is 31.5 Å². The van der Waals surface area contributed by atoms with E-state index in [1.165, 1.54) is 135 Å². The maximum atomic E-state index is 13.6. The second kappa shape index (κ2) is 62.7. The van der Waals surface area contributed by atoms with Crippen LogP contribution >= 0.6 is 7.82 Å². The molecule has 484 valence electrons. The Morgan fingerprint density at radius 1 is 0.429 bits per heavy atom. The van der Waals surface area contributed by atoms with Crippen LogP contribution in [0, 0.1) is 0 Å². The van der Waals surface area contributed by atoms with Gasteiger partial charge in [0, 0.05) is 12.8 Å². The molecule has 0 saturated heterocycles. The van der Waals surface area contributed by atoms with Crippen LogP contribution in [-0.4, -0.2) is 74.3 Å². The molecular weight excluding hydrogens is 1060 g/mol. The van der Waals surface area contributed by atoms with Crippen molar-refractivity contribution in [2.75, 3.05) is 40.9 Å². The van der Waals surface area contributed by atoms with Gasteiger partial charge in [-0.1, -0.05) is 278 Å². The minimum absolute atomic E-state index is 0.0329. The number of carbonyl (C=O) groups excluding carboxylic acids is 2. The molecule has 0 aliphatic rings. The SMILES string of the molecule is CC/C=C\C/C=C\C/C=C\C/C=C\C/C=C\CCCCCCCCCCCC(=O)OC(/C=C/CCCCCCCCCCCC)C(COP(=O)(O)OCC[N+](C)(C)C)NC(=O)CCCCCCCCCC/C=C\C/C=C\C/C=C\CCCCC. The predicted molar refractivity (Wildman–Crippen MR) is 364 cm³/mol. The van der Waals surface area contributed by atoms with Gasteiger partial charge in [0.2, 0.25) is 5.91 Å². The van der Waals surface area contributed by atoms with Crippen LogP contribution in [0.15, 0.2) is 109 Å². The molecule has 9 nitrogen and oxygen atoms in total.